The molecule has 142 valence electrons. The Kier molecular flexibility index (Phi) is 5.16. The standard InChI is InChI=1S/C21H20N4O2S/c1-25-17-10-5-2-7-14(17)13-18(25)23-19(26)11-6-12-28-21-22-16-9-4-3-8-15(16)20(27)24-21/h2-5,7-10,13H,6,11-12H2,1H3,(H,23,26)(H,22,24,27). The van der Waals surface area contributed by atoms with Crippen molar-refractivity contribution in [1.82, 2.24) is 14.5 Å². The van der Waals surface area contributed by atoms with Crippen molar-refractivity contribution in [2.45, 2.75) is 18.0 Å². The summed E-state index contributed by atoms with van der Waals surface area (Å²) >= 11 is 1.45. The highest BCUT2D eigenvalue weighted by Crippen LogP contribution is 2.22. The second-order valence-corrected chi connectivity index (χ2v) is 7.62. The Morgan fingerprint density at radius 2 is 1.96 bits per heavy atom. The minimum absolute atomic E-state index is 0.0218. The molecule has 0 aliphatic carbocycles. The molecule has 0 spiro atoms. The summed E-state index contributed by atoms with van der Waals surface area (Å²) in [6.07, 6.45) is 1.10. The van der Waals surface area contributed by atoms with E-state index in [-0.39, 0.29) is 11.5 Å². The van der Waals surface area contributed by atoms with E-state index in [9.17, 15) is 9.59 Å². The molecule has 6 nitrogen and oxygen atoms in total. The number of aromatic amines is 1. The number of para-hydroxylation sites is 2. The number of amides is 1. The average molecular weight is 392 g/mol. The van der Waals surface area contributed by atoms with Gasteiger partial charge >= 0.3 is 0 Å². The van der Waals surface area contributed by atoms with Crippen molar-refractivity contribution in [2.24, 2.45) is 7.05 Å². The summed E-state index contributed by atoms with van der Waals surface area (Å²) in [5, 5.41) is 5.24. The minimum Gasteiger partial charge on any atom is -0.330 e. The van der Waals surface area contributed by atoms with Gasteiger partial charge in [0.2, 0.25) is 5.91 Å². The number of nitrogens with one attached hydrogen (secondary N) is 2. The molecule has 0 saturated heterocycles. The molecule has 0 atom stereocenters. The van der Waals surface area contributed by atoms with Crippen LogP contribution < -0.4 is 10.9 Å². The maximum atomic E-state index is 12.3. The summed E-state index contributed by atoms with van der Waals surface area (Å²) in [5.41, 5.74) is 1.63. The molecule has 4 rings (SSSR count). The zero-order chi connectivity index (χ0) is 19.5. The number of aryl methyl sites for hydroxylation is 1. The van der Waals surface area contributed by atoms with Gasteiger partial charge in [-0.25, -0.2) is 4.98 Å². The molecule has 0 radical (unpaired) electrons. The van der Waals surface area contributed by atoms with E-state index in [1.54, 1.807) is 6.07 Å². The molecule has 2 N–H and O–H groups in total. The third-order valence-corrected chi connectivity index (χ3v) is 5.56. The second kappa shape index (κ2) is 7.90. The van der Waals surface area contributed by atoms with Crippen molar-refractivity contribution in [3.63, 3.8) is 0 Å². The van der Waals surface area contributed by atoms with Gasteiger partial charge < -0.3 is 14.9 Å². The number of hydrogen-bond acceptors (Lipinski definition) is 4. The Balaban J connectivity index is 1.32. The van der Waals surface area contributed by atoms with Crippen molar-refractivity contribution in [3.05, 3.63) is 65.0 Å². The van der Waals surface area contributed by atoms with E-state index < -0.39 is 0 Å². The number of thioether (sulfide) groups is 1. The normalized spacial score (nSPS) is 11.2. The zero-order valence-electron chi connectivity index (χ0n) is 15.4. The van der Waals surface area contributed by atoms with Gasteiger partial charge in [0.05, 0.1) is 10.9 Å². The number of fused-ring (bicyclic) bond motifs is 2. The molecular weight excluding hydrogens is 372 g/mol. The maximum Gasteiger partial charge on any atom is 0.259 e. The van der Waals surface area contributed by atoms with E-state index in [0.717, 1.165) is 16.7 Å². The Morgan fingerprint density at radius 1 is 1.18 bits per heavy atom. The Hall–Kier alpha value is -3.06. The summed E-state index contributed by atoms with van der Waals surface area (Å²) in [5.74, 6) is 1.47. The molecule has 1 amide bonds. The van der Waals surface area contributed by atoms with E-state index in [1.165, 1.54) is 11.8 Å². The fourth-order valence-electron chi connectivity index (χ4n) is 3.15. The summed E-state index contributed by atoms with van der Waals surface area (Å²) < 4.78 is 1.98. The van der Waals surface area contributed by atoms with E-state index >= 15 is 0 Å². The molecule has 0 unspecified atom stereocenters. The first-order chi connectivity index (χ1) is 13.6. The Labute approximate surface area is 166 Å². The van der Waals surface area contributed by atoms with Gasteiger partial charge in [-0.2, -0.15) is 0 Å². The van der Waals surface area contributed by atoms with Gasteiger partial charge in [-0.05, 0) is 30.7 Å². The monoisotopic (exact) mass is 392 g/mol. The highest BCUT2D eigenvalue weighted by Gasteiger charge is 2.09. The quantitative estimate of drug-likeness (QED) is 0.296. The molecule has 2 heterocycles. The smallest absolute Gasteiger partial charge is 0.259 e. The fourth-order valence-corrected chi connectivity index (χ4v) is 3.96. The van der Waals surface area contributed by atoms with Gasteiger partial charge in [0.25, 0.3) is 5.56 Å². The van der Waals surface area contributed by atoms with Crippen molar-refractivity contribution >= 4 is 45.3 Å². The molecular formula is C21H20N4O2S. The molecule has 4 aromatic rings. The molecule has 2 aromatic carbocycles. The van der Waals surface area contributed by atoms with Crippen LogP contribution >= 0.6 is 11.8 Å². The van der Waals surface area contributed by atoms with Crippen LogP contribution in [0.1, 0.15) is 12.8 Å². The van der Waals surface area contributed by atoms with E-state index in [0.29, 0.717) is 34.7 Å². The lowest BCUT2D eigenvalue weighted by Gasteiger charge is -2.07. The predicted molar refractivity (Wildman–Crippen MR) is 114 cm³/mol. The highest BCUT2D eigenvalue weighted by molar-refractivity contribution is 7.99. The van der Waals surface area contributed by atoms with Crippen molar-refractivity contribution in [1.29, 1.82) is 0 Å². The predicted octanol–water partition coefficient (Wildman–Crippen LogP) is 3.93. The molecule has 2 aromatic heterocycles. The first-order valence-electron chi connectivity index (χ1n) is 9.08. The summed E-state index contributed by atoms with van der Waals surface area (Å²) in [7, 11) is 1.94. The number of nitrogens with zero attached hydrogens (tertiary/aromatic N) is 2. The van der Waals surface area contributed by atoms with Crippen LogP contribution in [-0.4, -0.2) is 26.2 Å². The molecule has 0 saturated carbocycles. The number of hydrogen-bond donors (Lipinski definition) is 2. The SMILES string of the molecule is Cn1c(NC(=O)CCCSc2nc3ccccc3c(=O)[nH]2)cc2ccccc21. The Morgan fingerprint density at radius 3 is 2.82 bits per heavy atom. The van der Waals surface area contributed by atoms with Gasteiger partial charge in [-0.3, -0.25) is 9.59 Å². The lowest BCUT2D eigenvalue weighted by atomic mass is 10.2. The Bertz CT molecular complexity index is 1210. The maximum absolute atomic E-state index is 12.3. The van der Waals surface area contributed by atoms with Crippen LogP contribution in [0.5, 0.6) is 0 Å². The van der Waals surface area contributed by atoms with Gasteiger partial charge in [0, 0.05) is 30.1 Å². The number of benzene rings is 2. The second-order valence-electron chi connectivity index (χ2n) is 6.54. The first-order valence-corrected chi connectivity index (χ1v) is 10.1. The van der Waals surface area contributed by atoms with Gasteiger partial charge in [0.15, 0.2) is 5.16 Å². The number of aromatic nitrogens is 3. The van der Waals surface area contributed by atoms with Crippen LogP contribution in [0.15, 0.2) is 64.5 Å². The van der Waals surface area contributed by atoms with E-state index in [1.807, 2.05) is 60.1 Å². The minimum atomic E-state index is -0.137. The van der Waals surface area contributed by atoms with Gasteiger partial charge in [-0.15, -0.1) is 0 Å². The van der Waals surface area contributed by atoms with E-state index in [2.05, 4.69) is 15.3 Å². The number of carbonyl (C=O) groups is 1. The lowest BCUT2D eigenvalue weighted by molar-refractivity contribution is -0.116. The van der Waals surface area contributed by atoms with Gasteiger partial charge in [0.1, 0.15) is 5.82 Å². The fraction of sp³-hybridized carbons (Fsp3) is 0.190. The largest absolute Gasteiger partial charge is 0.330 e. The van der Waals surface area contributed by atoms with Gasteiger partial charge in [-0.1, -0.05) is 42.1 Å². The van der Waals surface area contributed by atoms with Crippen LogP contribution in [0.25, 0.3) is 21.8 Å². The summed E-state index contributed by atoms with van der Waals surface area (Å²) in [4.78, 5) is 31.6. The molecule has 0 aliphatic rings. The van der Waals surface area contributed by atoms with Crippen molar-refractivity contribution < 1.29 is 4.79 Å². The van der Waals surface area contributed by atoms with Crippen LogP contribution in [0.2, 0.25) is 0 Å². The number of H-pyrrole nitrogens is 1. The van der Waals surface area contributed by atoms with E-state index in [4.69, 9.17) is 0 Å². The van der Waals surface area contributed by atoms with Crippen LogP contribution in [0.4, 0.5) is 5.82 Å². The topological polar surface area (TPSA) is 79.8 Å². The number of carbonyl (C=O) groups excluding carboxylic acids is 1. The molecule has 0 aliphatic heterocycles. The summed E-state index contributed by atoms with van der Waals surface area (Å²) in [6, 6.07) is 17.3. The highest BCUT2D eigenvalue weighted by atomic mass is 32.2. The van der Waals surface area contributed by atoms with Crippen molar-refractivity contribution in [3.8, 4) is 0 Å². The average Bonchev–Trinajstić information content (AvgIpc) is 3.01. The summed E-state index contributed by atoms with van der Waals surface area (Å²) in [6.45, 7) is 0. The molecule has 0 bridgehead atoms. The first kappa shape index (κ1) is 18.3. The van der Waals surface area contributed by atoms with Crippen LogP contribution in [-0.2, 0) is 11.8 Å². The third-order valence-electron chi connectivity index (χ3n) is 4.60. The molecule has 0 fully saturated rings. The van der Waals surface area contributed by atoms with Crippen LogP contribution in [0.3, 0.4) is 0 Å². The third kappa shape index (κ3) is 3.80. The molecule has 28 heavy (non-hydrogen) atoms. The number of anilines is 1. The zero-order valence-corrected chi connectivity index (χ0v) is 16.3. The number of rotatable bonds is 6. The molecule has 7 heteroatoms. The lowest BCUT2D eigenvalue weighted by Crippen LogP contribution is -2.14. The van der Waals surface area contributed by atoms with Crippen molar-refractivity contribution in [2.75, 3.05) is 11.1 Å². The van der Waals surface area contributed by atoms with Crippen LogP contribution in [0, 0.1) is 0 Å².